The van der Waals surface area contributed by atoms with Gasteiger partial charge in [0, 0.05) is 25.3 Å². The van der Waals surface area contributed by atoms with Gasteiger partial charge in [0.1, 0.15) is 11.5 Å². The van der Waals surface area contributed by atoms with Crippen molar-refractivity contribution < 1.29 is 22.7 Å². The van der Waals surface area contributed by atoms with Crippen molar-refractivity contribution in [2.45, 2.75) is 33.6 Å². The van der Waals surface area contributed by atoms with Crippen LogP contribution in [0.5, 0.6) is 11.5 Å². The van der Waals surface area contributed by atoms with E-state index >= 15 is 0 Å². The molecule has 2 aromatic carbocycles. The fraction of sp³-hybridized carbons (Fsp3) is 0.458. The number of nitrogens with one attached hydrogen (secondary N) is 1. The van der Waals surface area contributed by atoms with Crippen LogP contribution in [0.15, 0.2) is 48.5 Å². The first-order chi connectivity index (χ1) is 15.9. The highest BCUT2D eigenvalue weighted by molar-refractivity contribution is 7.90. The average molecular weight is 476 g/mol. The van der Waals surface area contributed by atoms with E-state index in [0.29, 0.717) is 49.7 Å². The number of nitrogens with zero attached hydrogens (tertiary/aromatic N) is 2. The van der Waals surface area contributed by atoms with Gasteiger partial charge >= 0.3 is 10.2 Å². The van der Waals surface area contributed by atoms with Crippen molar-refractivity contribution in [1.29, 1.82) is 0 Å². The van der Waals surface area contributed by atoms with Crippen molar-refractivity contribution in [2.24, 2.45) is 5.92 Å². The molecule has 1 unspecified atom stereocenters. The molecular formula is C24H33N3O5S. The highest BCUT2D eigenvalue weighted by Crippen LogP contribution is 2.27. The van der Waals surface area contributed by atoms with Crippen LogP contribution in [0.1, 0.15) is 33.6 Å². The van der Waals surface area contributed by atoms with Crippen LogP contribution in [0, 0.1) is 5.92 Å². The largest absolute Gasteiger partial charge is 0.494 e. The lowest BCUT2D eigenvalue weighted by Crippen LogP contribution is -2.50. The maximum atomic E-state index is 13.4. The molecule has 33 heavy (non-hydrogen) atoms. The summed E-state index contributed by atoms with van der Waals surface area (Å²) in [4.78, 5) is 12.9. The van der Waals surface area contributed by atoms with E-state index in [-0.39, 0.29) is 19.0 Å². The highest BCUT2D eigenvalue weighted by Gasteiger charge is 2.35. The molecule has 1 atom stereocenters. The average Bonchev–Trinajstić information content (AvgIpc) is 2.82. The Morgan fingerprint density at radius 3 is 2.12 bits per heavy atom. The Labute approximate surface area is 196 Å². The molecule has 1 heterocycles. The summed E-state index contributed by atoms with van der Waals surface area (Å²) in [5.41, 5.74) is 1.23. The van der Waals surface area contributed by atoms with Crippen LogP contribution in [0.3, 0.4) is 0 Å². The Kier molecular flexibility index (Phi) is 8.57. The van der Waals surface area contributed by atoms with Gasteiger partial charge in [-0.05, 0) is 82.1 Å². The number of rotatable bonds is 10. The zero-order valence-corrected chi connectivity index (χ0v) is 20.3. The number of piperidine rings is 1. The van der Waals surface area contributed by atoms with Gasteiger partial charge in [0.15, 0.2) is 0 Å². The molecule has 1 aliphatic rings. The fourth-order valence-electron chi connectivity index (χ4n) is 3.91. The Morgan fingerprint density at radius 1 is 1.00 bits per heavy atom. The van der Waals surface area contributed by atoms with Crippen LogP contribution < -0.4 is 19.1 Å². The molecule has 0 saturated carbocycles. The predicted octanol–water partition coefficient (Wildman–Crippen LogP) is 3.91. The van der Waals surface area contributed by atoms with E-state index in [1.165, 1.54) is 8.61 Å². The molecule has 1 saturated heterocycles. The number of hydrogen-bond acceptors (Lipinski definition) is 5. The van der Waals surface area contributed by atoms with Crippen LogP contribution in [0.25, 0.3) is 0 Å². The summed E-state index contributed by atoms with van der Waals surface area (Å²) in [6.07, 6.45) is 1.27. The minimum atomic E-state index is -3.77. The lowest BCUT2D eigenvalue weighted by atomic mass is 9.99. The van der Waals surface area contributed by atoms with E-state index < -0.39 is 16.1 Å². The molecular weight excluding hydrogens is 442 g/mol. The Morgan fingerprint density at radius 2 is 1.58 bits per heavy atom. The third-order valence-electron chi connectivity index (χ3n) is 5.52. The van der Waals surface area contributed by atoms with E-state index in [9.17, 15) is 13.2 Å². The quantitative estimate of drug-likeness (QED) is 0.563. The van der Waals surface area contributed by atoms with Gasteiger partial charge in [-0.2, -0.15) is 12.7 Å². The first-order valence-corrected chi connectivity index (χ1v) is 12.8. The molecule has 1 amide bonds. The fourth-order valence-corrected chi connectivity index (χ4v) is 5.63. The van der Waals surface area contributed by atoms with Crippen LogP contribution in [-0.4, -0.2) is 51.5 Å². The number of hydrogen-bond donors (Lipinski definition) is 1. The number of carbonyl (C=O) groups is 1. The molecule has 1 aliphatic heterocycles. The molecule has 1 fully saturated rings. The summed E-state index contributed by atoms with van der Waals surface area (Å²) in [5.74, 6) is 0.834. The molecule has 0 aliphatic carbocycles. The van der Waals surface area contributed by atoms with Crippen LogP contribution >= 0.6 is 0 Å². The van der Waals surface area contributed by atoms with E-state index in [1.807, 2.05) is 13.8 Å². The third kappa shape index (κ3) is 6.17. The molecule has 0 bridgehead atoms. The van der Waals surface area contributed by atoms with Crippen molar-refractivity contribution in [3.05, 3.63) is 48.5 Å². The Bertz CT molecular complexity index is 1010. The molecule has 0 radical (unpaired) electrons. The molecule has 2 aromatic rings. The second-order valence-corrected chi connectivity index (χ2v) is 9.60. The minimum absolute atomic E-state index is 0.152. The van der Waals surface area contributed by atoms with Crippen molar-refractivity contribution in [3.8, 4) is 11.5 Å². The third-order valence-corrected chi connectivity index (χ3v) is 7.53. The number of anilines is 2. The predicted molar refractivity (Wildman–Crippen MR) is 130 cm³/mol. The minimum Gasteiger partial charge on any atom is -0.494 e. The smallest absolute Gasteiger partial charge is 0.304 e. The Balaban J connectivity index is 1.68. The van der Waals surface area contributed by atoms with Gasteiger partial charge in [-0.25, -0.2) is 0 Å². The lowest BCUT2D eigenvalue weighted by molar-refractivity contribution is -0.120. The highest BCUT2D eigenvalue weighted by atomic mass is 32.2. The maximum absolute atomic E-state index is 13.4. The van der Waals surface area contributed by atoms with E-state index in [4.69, 9.17) is 9.47 Å². The summed E-state index contributed by atoms with van der Waals surface area (Å²) in [6.45, 7) is 7.56. The number of ether oxygens (including phenoxy) is 2. The summed E-state index contributed by atoms with van der Waals surface area (Å²) in [6, 6.07) is 14.2. The van der Waals surface area contributed by atoms with Gasteiger partial charge in [-0.15, -0.1) is 0 Å². The monoisotopic (exact) mass is 475 g/mol. The van der Waals surface area contributed by atoms with E-state index in [2.05, 4.69) is 5.32 Å². The first-order valence-electron chi connectivity index (χ1n) is 11.4. The standard InChI is InChI=1S/C24H33N3O5S/c1-4-27(21-11-15-23(16-12-21)32-6-3)33(29,30)26-17-7-8-19(18-26)24(28)25-20-9-13-22(14-10-20)31-5-2/h9-16,19H,4-8,17-18H2,1-3H3,(H,25,28). The van der Waals surface area contributed by atoms with Crippen LogP contribution in [0.2, 0.25) is 0 Å². The number of benzene rings is 2. The number of carbonyl (C=O) groups excluding carboxylic acids is 1. The first kappa shape index (κ1) is 24.9. The zero-order valence-electron chi connectivity index (χ0n) is 19.5. The molecule has 9 heteroatoms. The van der Waals surface area contributed by atoms with Gasteiger partial charge < -0.3 is 14.8 Å². The normalized spacial score (nSPS) is 16.8. The van der Waals surface area contributed by atoms with E-state index in [0.717, 1.165) is 5.75 Å². The summed E-state index contributed by atoms with van der Waals surface area (Å²) >= 11 is 0. The second kappa shape index (κ2) is 11.4. The topological polar surface area (TPSA) is 88.2 Å². The van der Waals surface area contributed by atoms with Crippen molar-refractivity contribution in [2.75, 3.05) is 42.5 Å². The van der Waals surface area contributed by atoms with Crippen molar-refractivity contribution in [3.63, 3.8) is 0 Å². The molecule has 0 aromatic heterocycles. The lowest BCUT2D eigenvalue weighted by Gasteiger charge is -2.35. The van der Waals surface area contributed by atoms with E-state index in [1.54, 1.807) is 55.5 Å². The van der Waals surface area contributed by atoms with Gasteiger partial charge in [0.05, 0.1) is 24.8 Å². The SMILES string of the molecule is CCOc1ccc(NC(=O)C2CCCN(S(=O)(=O)N(CC)c3ccc(OCC)cc3)C2)cc1. The van der Waals surface area contributed by atoms with Gasteiger partial charge in [0.2, 0.25) is 5.91 Å². The van der Waals surface area contributed by atoms with Crippen LogP contribution in [0.4, 0.5) is 11.4 Å². The molecule has 1 N–H and O–H groups in total. The number of amides is 1. The summed E-state index contributed by atoms with van der Waals surface area (Å²) < 4.78 is 40.5. The summed E-state index contributed by atoms with van der Waals surface area (Å²) in [7, 11) is -3.77. The van der Waals surface area contributed by atoms with Crippen molar-refractivity contribution >= 4 is 27.5 Å². The van der Waals surface area contributed by atoms with Gasteiger partial charge in [0.25, 0.3) is 0 Å². The molecule has 0 spiro atoms. The van der Waals surface area contributed by atoms with Gasteiger partial charge in [-0.1, -0.05) is 0 Å². The van der Waals surface area contributed by atoms with Gasteiger partial charge in [-0.3, -0.25) is 9.10 Å². The van der Waals surface area contributed by atoms with Crippen molar-refractivity contribution in [1.82, 2.24) is 4.31 Å². The summed E-state index contributed by atoms with van der Waals surface area (Å²) in [5, 5.41) is 2.90. The molecule has 180 valence electrons. The second-order valence-electron chi connectivity index (χ2n) is 7.74. The Hall–Kier alpha value is -2.78. The zero-order chi connectivity index (χ0) is 23.8. The molecule has 8 nitrogen and oxygen atoms in total. The van der Waals surface area contributed by atoms with Crippen LogP contribution in [-0.2, 0) is 15.0 Å². The molecule has 3 rings (SSSR count). The maximum Gasteiger partial charge on any atom is 0.304 e.